The van der Waals surface area contributed by atoms with E-state index >= 15 is 0 Å². The van der Waals surface area contributed by atoms with Crippen LogP contribution in [0.25, 0.3) is 0 Å². The van der Waals surface area contributed by atoms with Gasteiger partial charge in [0.05, 0.1) is 5.92 Å². The number of hydrogen-bond acceptors (Lipinski definition) is 3. The number of carbonyl (C=O) groups excluding carboxylic acids is 2. The Morgan fingerprint density at radius 2 is 1.48 bits per heavy atom. The minimum absolute atomic E-state index is 0.0172. The number of carbonyl (C=O) groups is 2. The Labute approximate surface area is 170 Å². The molecule has 1 saturated heterocycles. The highest BCUT2D eigenvalue weighted by Gasteiger charge is 2.35. The average Bonchev–Trinajstić information content (AvgIpc) is 3.13. The Balaban J connectivity index is 1.37. The third kappa shape index (κ3) is 4.46. The average molecular weight is 385 g/mol. The van der Waals surface area contributed by atoms with Crippen LogP contribution in [0.3, 0.4) is 0 Å². The maximum atomic E-state index is 12.7. The van der Waals surface area contributed by atoms with E-state index in [1.54, 1.807) is 4.90 Å². The number of anilines is 4. The van der Waals surface area contributed by atoms with E-state index in [1.807, 2.05) is 85.8 Å². The third-order valence-electron chi connectivity index (χ3n) is 5.06. The van der Waals surface area contributed by atoms with Crippen LogP contribution in [0.15, 0.2) is 78.9 Å². The van der Waals surface area contributed by atoms with Crippen molar-refractivity contribution in [3.05, 3.63) is 84.4 Å². The van der Waals surface area contributed by atoms with Crippen LogP contribution < -0.4 is 15.5 Å². The maximum absolute atomic E-state index is 12.7. The van der Waals surface area contributed by atoms with E-state index in [4.69, 9.17) is 0 Å². The molecule has 0 saturated carbocycles. The summed E-state index contributed by atoms with van der Waals surface area (Å²) in [4.78, 5) is 26.7. The molecule has 0 bridgehead atoms. The van der Waals surface area contributed by atoms with Crippen LogP contribution in [0.1, 0.15) is 12.0 Å². The van der Waals surface area contributed by atoms with Gasteiger partial charge in [0.2, 0.25) is 11.8 Å². The normalized spacial score (nSPS) is 16.0. The molecule has 3 aromatic carbocycles. The van der Waals surface area contributed by atoms with Crippen LogP contribution in [0.2, 0.25) is 0 Å². The first-order chi connectivity index (χ1) is 14.1. The Morgan fingerprint density at radius 1 is 0.862 bits per heavy atom. The van der Waals surface area contributed by atoms with Crippen LogP contribution >= 0.6 is 0 Å². The van der Waals surface area contributed by atoms with Gasteiger partial charge in [-0.3, -0.25) is 9.59 Å². The van der Waals surface area contributed by atoms with Crippen molar-refractivity contribution in [1.82, 2.24) is 0 Å². The number of rotatable bonds is 5. The molecule has 4 rings (SSSR count). The lowest BCUT2D eigenvalue weighted by molar-refractivity contribution is -0.122. The van der Waals surface area contributed by atoms with Gasteiger partial charge in [-0.05, 0) is 55.5 Å². The molecular weight excluding hydrogens is 362 g/mol. The highest BCUT2D eigenvalue weighted by molar-refractivity contribution is 6.03. The first kappa shape index (κ1) is 18.7. The fourth-order valence-corrected chi connectivity index (χ4v) is 3.43. The number of para-hydroxylation sites is 1. The topological polar surface area (TPSA) is 61.4 Å². The Hall–Kier alpha value is -3.60. The lowest BCUT2D eigenvalue weighted by Crippen LogP contribution is -2.28. The summed E-state index contributed by atoms with van der Waals surface area (Å²) in [5, 5.41) is 6.24. The molecule has 1 atom stereocenters. The second kappa shape index (κ2) is 8.19. The number of hydrogen-bond donors (Lipinski definition) is 2. The van der Waals surface area contributed by atoms with E-state index in [-0.39, 0.29) is 24.2 Å². The van der Waals surface area contributed by atoms with Gasteiger partial charge < -0.3 is 15.5 Å². The summed E-state index contributed by atoms with van der Waals surface area (Å²) >= 11 is 0. The van der Waals surface area contributed by atoms with Gasteiger partial charge in [-0.1, -0.05) is 35.9 Å². The minimum Gasteiger partial charge on any atom is -0.356 e. The summed E-state index contributed by atoms with van der Waals surface area (Å²) in [5.41, 5.74) is 4.64. The van der Waals surface area contributed by atoms with E-state index in [2.05, 4.69) is 10.6 Å². The summed E-state index contributed by atoms with van der Waals surface area (Å²) in [6.07, 6.45) is 0.230. The molecule has 1 fully saturated rings. The second-order valence-electron chi connectivity index (χ2n) is 7.30. The summed E-state index contributed by atoms with van der Waals surface area (Å²) in [7, 11) is 0. The largest absolute Gasteiger partial charge is 0.356 e. The van der Waals surface area contributed by atoms with Gasteiger partial charge in [-0.2, -0.15) is 0 Å². The van der Waals surface area contributed by atoms with E-state index in [1.165, 1.54) is 0 Å². The molecule has 146 valence electrons. The molecule has 1 aliphatic heterocycles. The van der Waals surface area contributed by atoms with Crippen LogP contribution in [0.5, 0.6) is 0 Å². The smallest absolute Gasteiger partial charge is 0.229 e. The zero-order chi connectivity index (χ0) is 20.2. The van der Waals surface area contributed by atoms with Crippen molar-refractivity contribution in [2.45, 2.75) is 13.3 Å². The van der Waals surface area contributed by atoms with E-state index < -0.39 is 0 Å². The van der Waals surface area contributed by atoms with E-state index in [0.29, 0.717) is 6.54 Å². The molecule has 1 heterocycles. The first-order valence-corrected chi connectivity index (χ1v) is 9.68. The van der Waals surface area contributed by atoms with Gasteiger partial charge in [0.1, 0.15) is 0 Å². The van der Waals surface area contributed by atoms with Crippen LogP contribution in [-0.2, 0) is 9.59 Å². The van der Waals surface area contributed by atoms with Crippen molar-refractivity contribution in [2.24, 2.45) is 5.92 Å². The lowest BCUT2D eigenvalue weighted by Gasteiger charge is -2.17. The SMILES string of the molecule is Cc1ccc(N2CC(C(=O)Nc3ccc(Nc4ccccc4)cc3)CC2=O)cc1. The quantitative estimate of drug-likeness (QED) is 0.667. The molecule has 2 amide bonds. The number of amides is 2. The summed E-state index contributed by atoms with van der Waals surface area (Å²) in [6, 6.07) is 25.2. The van der Waals surface area contributed by atoms with E-state index in [9.17, 15) is 9.59 Å². The molecule has 0 spiro atoms. The van der Waals surface area contributed by atoms with Crippen LogP contribution in [-0.4, -0.2) is 18.4 Å². The number of benzene rings is 3. The minimum atomic E-state index is -0.356. The molecular formula is C24H23N3O2. The Bertz CT molecular complexity index is 999. The molecule has 0 aliphatic carbocycles. The van der Waals surface area contributed by atoms with Gasteiger partial charge >= 0.3 is 0 Å². The fraction of sp³-hybridized carbons (Fsp3) is 0.167. The summed E-state index contributed by atoms with van der Waals surface area (Å²) < 4.78 is 0. The van der Waals surface area contributed by atoms with Crippen molar-refractivity contribution in [3.8, 4) is 0 Å². The molecule has 3 aromatic rings. The molecule has 1 unspecified atom stereocenters. The van der Waals surface area contributed by atoms with Gasteiger partial charge in [0.15, 0.2) is 0 Å². The predicted octanol–water partition coefficient (Wildman–Crippen LogP) is 4.73. The highest BCUT2D eigenvalue weighted by Crippen LogP contribution is 2.26. The van der Waals surface area contributed by atoms with Crippen molar-refractivity contribution < 1.29 is 9.59 Å². The second-order valence-corrected chi connectivity index (χ2v) is 7.30. The zero-order valence-electron chi connectivity index (χ0n) is 16.3. The first-order valence-electron chi connectivity index (χ1n) is 9.68. The standard InChI is InChI=1S/C24H23N3O2/c1-17-7-13-22(14-8-17)27-16-18(15-23(27)28)24(29)26-21-11-9-20(10-12-21)25-19-5-3-2-4-6-19/h2-14,18,25H,15-16H2,1H3,(H,26,29). The molecule has 0 radical (unpaired) electrons. The van der Waals surface area contributed by atoms with Crippen molar-refractivity contribution >= 4 is 34.6 Å². The Morgan fingerprint density at radius 3 is 2.17 bits per heavy atom. The van der Waals surface area contributed by atoms with Gasteiger partial charge in [-0.25, -0.2) is 0 Å². The lowest BCUT2D eigenvalue weighted by atomic mass is 10.1. The van der Waals surface area contributed by atoms with Crippen molar-refractivity contribution in [2.75, 3.05) is 22.1 Å². The number of nitrogens with one attached hydrogen (secondary N) is 2. The monoisotopic (exact) mass is 385 g/mol. The molecule has 0 aromatic heterocycles. The van der Waals surface area contributed by atoms with Crippen LogP contribution in [0, 0.1) is 12.8 Å². The molecule has 5 heteroatoms. The summed E-state index contributed by atoms with van der Waals surface area (Å²) in [6.45, 7) is 2.41. The Kier molecular flexibility index (Phi) is 5.29. The predicted molar refractivity (Wildman–Crippen MR) is 116 cm³/mol. The highest BCUT2D eigenvalue weighted by atomic mass is 16.2. The maximum Gasteiger partial charge on any atom is 0.229 e. The van der Waals surface area contributed by atoms with E-state index in [0.717, 1.165) is 28.3 Å². The third-order valence-corrected chi connectivity index (χ3v) is 5.06. The number of aryl methyl sites for hydroxylation is 1. The van der Waals surface area contributed by atoms with Crippen molar-refractivity contribution in [1.29, 1.82) is 0 Å². The van der Waals surface area contributed by atoms with Crippen LogP contribution in [0.4, 0.5) is 22.7 Å². The van der Waals surface area contributed by atoms with Gasteiger partial charge in [0.25, 0.3) is 0 Å². The molecule has 29 heavy (non-hydrogen) atoms. The number of nitrogens with zero attached hydrogens (tertiary/aromatic N) is 1. The van der Waals surface area contributed by atoms with Crippen molar-refractivity contribution in [3.63, 3.8) is 0 Å². The van der Waals surface area contributed by atoms with Gasteiger partial charge in [0, 0.05) is 35.7 Å². The molecule has 1 aliphatic rings. The fourth-order valence-electron chi connectivity index (χ4n) is 3.43. The molecule has 5 nitrogen and oxygen atoms in total. The van der Waals surface area contributed by atoms with Gasteiger partial charge in [-0.15, -0.1) is 0 Å². The zero-order valence-corrected chi connectivity index (χ0v) is 16.3. The summed E-state index contributed by atoms with van der Waals surface area (Å²) in [5.74, 6) is -0.501. The molecule has 2 N–H and O–H groups in total.